The van der Waals surface area contributed by atoms with Gasteiger partial charge in [0.05, 0.1) is 5.69 Å². The maximum atomic E-state index is 11.7. The molecule has 1 heterocycles. The Balaban J connectivity index is 2.29. The lowest BCUT2D eigenvalue weighted by Crippen LogP contribution is -2.24. The smallest absolute Gasteiger partial charge is 0.292 e. The van der Waals surface area contributed by atoms with E-state index < -0.39 is 12.8 Å². The van der Waals surface area contributed by atoms with Crippen LogP contribution in [0.15, 0.2) is 6.20 Å². The molecule has 1 rings (SSSR count). The summed E-state index contributed by atoms with van der Waals surface area (Å²) in [5, 5.41) is 4.04. The van der Waals surface area contributed by atoms with E-state index in [2.05, 4.69) is 15.4 Å². The Morgan fingerprint density at radius 1 is 1.53 bits per heavy atom. The fourth-order valence-electron chi connectivity index (χ4n) is 1.08. The van der Waals surface area contributed by atoms with Crippen molar-refractivity contribution in [2.75, 3.05) is 6.61 Å². The summed E-state index contributed by atoms with van der Waals surface area (Å²) < 4.78 is 36.6. The highest BCUT2D eigenvalue weighted by Gasteiger charge is 2.27. The second-order valence-corrected chi connectivity index (χ2v) is 3.14. The Labute approximate surface area is 85.0 Å². The average molecular weight is 223 g/mol. The molecule has 15 heavy (non-hydrogen) atoms. The van der Waals surface area contributed by atoms with Crippen LogP contribution >= 0.6 is 0 Å². The van der Waals surface area contributed by atoms with Crippen LogP contribution in [0.25, 0.3) is 0 Å². The molecule has 0 spiro atoms. The van der Waals surface area contributed by atoms with Gasteiger partial charge >= 0.3 is 6.18 Å². The molecule has 0 saturated carbocycles. The van der Waals surface area contributed by atoms with Gasteiger partial charge in [0.25, 0.3) is 0 Å². The van der Waals surface area contributed by atoms with E-state index in [9.17, 15) is 13.2 Å². The molecule has 0 unspecified atom stereocenters. The number of rotatable bonds is 4. The van der Waals surface area contributed by atoms with E-state index in [-0.39, 0.29) is 6.54 Å². The Morgan fingerprint density at radius 3 is 2.67 bits per heavy atom. The van der Waals surface area contributed by atoms with Crippen molar-refractivity contribution in [3.63, 3.8) is 0 Å². The molecule has 86 valence electrons. The zero-order chi connectivity index (χ0) is 11.5. The Bertz CT molecular complexity index is 321. The second kappa shape index (κ2) is 4.63. The standard InChI is InChI=1S/C8H12F3N3O/c1-6-7(4-14(2)13-6)3-12-15-5-8(9,10)11/h4,12H,3,5H2,1-2H3. The summed E-state index contributed by atoms with van der Waals surface area (Å²) in [6.07, 6.45) is -2.59. The number of nitrogens with zero attached hydrogens (tertiary/aromatic N) is 2. The van der Waals surface area contributed by atoms with Gasteiger partial charge in [0.2, 0.25) is 0 Å². The number of hydrogen-bond acceptors (Lipinski definition) is 3. The van der Waals surface area contributed by atoms with Crippen LogP contribution in [0.3, 0.4) is 0 Å². The normalized spacial score (nSPS) is 12.1. The highest BCUT2D eigenvalue weighted by Crippen LogP contribution is 2.13. The van der Waals surface area contributed by atoms with Crippen LogP contribution < -0.4 is 5.48 Å². The molecule has 0 bridgehead atoms. The molecular weight excluding hydrogens is 211 g/mol. The van der Waals surface area contributed by atoms with Crippen LogP contribution in [0.1, 0.15) is 11.3 Å². The third-order valence-electron chi connectivity index (χ3n) is 1.72. The van der Waals surface area contributed by atoms with Crippen molar-refractivity contribution >= 4 is 0 Å². The van der Waals surface area contributed by atoms with Crippen LogP contribution in [0.2, 0.25) is 0 Å². The first-order valence-electron chi connectivity index (χ1n) is 4.29. The fraction of sp³-hybridized carbons (Fsp3) is 0.625. The van der Waals surface area contributed by atoms with Crippen LogP contribution in [0.4, 0.5) is 13.2 Å². The van der Waals surface area contributed by atoms with Gasteiger partial charge in [-0.15, -0.1) is 0 Å². The highest BCUT2D eigenvalue weighted by molar-refractivity contribution is 5.14. The van der Waals surface area contributed by atoms with E-state index in [4.69, 9.17) is 0 Å². The lowest BCUT2D eigenvalue weighted by atomic mass is 10.3. The van der Waals surface area contributed by atoms with Crippen molar-refractivity contribution in [3.05, 3.63) is 17.5 Å². The summed E-state index contributed by atoms with van der Waals surface area (Å²) in [7, 11) is 1.74. The first-order chi connectivity index (χ1) is 6.88. The van der Waals surface area contributed by atoms with E-state index in [0.717, 1.165) is 11.3 Å². The van der Waals surface area contributed by atoms with Gasteiger partial charge < -0.3 is 0 Å². The van der Waals surface area contributed by atoms with Crippen LogP contribution in [-0.2, 0) is 18.4 Å². The predicted octanol–water partition coefficient (Wildman–Crippen LogP) is 1.31. The molecule has 0 aliphatic rings. The highest BCUT2D eigenvalue weighted by atomic mass is 19.4. The van der Waals surface area contributed by atoms with Gasteiger partial charge in [0.1, 0.15) is 0 Å². The fourth-order valence-corrected chi connectivity index (χ4v) is 1.08. The SMILES string of the molecule is Cc1nn(C)cc1CNOCC(F)(F)F. The van der Waals surface area contributed by atoms with Gasteiger partial charge in [-0.1, -0.05) is 0 Å². The third kappa shape index (κ3) is 4.30. The van der Waals surface area contributed by atoms with Gasteiger partial charge in [-0.2, -0.15) is 23.8 Å². The minimum Gasteiger partial charge on any atom is -0.292 e. The van der Waals surface area contributed by atoms with Crippen molar-refractivity contribution in [1.82, 2.24) is 15.3 Å². The summed E-state index contributed by atoms with van der Waals surface area (Å²) in [4.78, 5) is 4.25. The van der Waals surface area contributed by atoms with E-state index in [1.165, 1.54) is 0 Å². The number of aryl methyl sites for hydroxylation is 2. The van der Waals surface area contributed by atoms with Gasteiger partial charge in [-0.25, -0.2) is 0 Å². The van der Waals surface area contributed by atoms with Gasteiger partial charge in [0, 0.05) is 25.4 Å². The number of alkyl halides is 3. The van der Waals surface area contributed by atoms with Gasteiger partial charge in [0.15, 0.2) is 6.61 Å². The molecule has 0 saturated heterocycles. The lowest BCUT2D eigenvalue weighted by Gasteiger charge is -2.07. The van der Waals surface area contributed by atoms with Crippen LogP contribution in [0.5, 0.6) is 0 Å². The van der Waals surface area contributed by atoms with Crippen molar-refractivity contribution in [2.24, 2.45) is 7.05 Å². The lowest BCUT2D eigenvalue weighted by molar-refractivity contribution is -0.190. The summed E-state index contributed by atoms with van der Waals surface area (Å²) in [6.45, 7) is 0.683. The first kappa shape index (κ1) is 12.0. The molecular formula is C8H12F3N3O. The molecule has 1 aromatic heterocycles. The summed E-state index contributed by atoms with van der Waals surface area (Å²) in [6, 6.07) is 0. The van der Waals surface area contributed by atoms with E-state index in [1.54, 1.807) is 24.9 Å². The van der Waals surface area contributed by atoms with Crippen LogP contribution in [-0.4, -0.2) is 22.6 Å². The number of hydrogen-bond donors (Lipinski definition) is 1. The molecule has 0 fully saturated rings. The van der Waals surface area contributed by atoms with Crippen molar-refractivity contribution in [2.45, 2.75) is 19.6 Å². The third-order valence-corrected chi connectivity index (χ3v) is 1.72. The summed E-state index contributed by atoms with van der Waals surface area (Å²) >= 11 is 0. The van der Waals surface area contributed by atoms with Crippen molar-refractivity contribution in [1.29, 1.82) is 0 Å². The largest absolute Gasteiger partial charge is 0.413 e. The molecule has 0 aliphatic heterocycles. The molecule has 1 N–H and O–H groups in total. The van der Waals surface area contributed by atoms with E-state index >= 15 is 0 Å². The summed E-state index contributed by atoms with van der Waals surface area (Å²) in [5.74, 6) is 0. The number of hydroxylamine groups is 1. The summed E-state index contributed by atoms with van der Waals surface area (Å²) in [5.41, 5.74) is 3.81. The number of nitrogens with one attached hydrogen (secondary N) is 1. The van der Waals surface area contributed by atoms with Crippen molar-refractivity contribution < 1.29 is 18.0 Å². The molecule has 0 atom stereocenters. The zero-order valence-corrected chi connectivity index (χ0v) is 8.43. The van der Waals surface area contributed by atoms with Gasteiger partial charge in [-0.05, 0) is 6.92 Å². The van der Waals surface area contributed by atoms with E-state index in [0.29, 0.717) is 0 Å². The Hall–Kier alpha value is -1.08. The molecule has 7 heteroatoms. The molecule has 1 aromatic rings. The molecule has 0 amide bonds. The molecule has 0 aromatic carbocycles. The zero-order valence-electron chi connectivity index (χ0n) is 8.43. The number of halogens is 3. The maximum Gasteiger partial charge on any atom is 0.413 e. The number of aromatic nitrogens is 2. The molecule has 4 nitrogen and oxygen atoms in total. The van der Waals surface area contributed by atoms with E-state index in [1.807, 2.05) is 0 Å². The van der Waals surface area contributed by atoms with Crippen LogP contribution in [0, 0.1) is 6.92 Å². The van der Waals surface area contributed by atoms with Crippen molar-refractivity contribution in [3.8, 4) is 0 Å². The minimum atomic E-state index is -4.31. The first-order valence-corrected chi connectivity index (χ1v) is 4.29. The quantitative estimate of drug-likeness (QED) is 0.618. The second-order valence-electron chi connectivity index (χ2n) is 3.14. The maximum absolute atomic E-state index is 11.7. The monoisotopic (exact) mass is 223 g/mol. The Kier molecular flexibility index (Phi) is 3.70. The average Bonchev–Trinajstić information content (AvgIpc) is 2.37. The topological polar surface area (TPSA) is 39.1 Å². The predicted molar refractivity (Wildman–Crippen MR) is 46.8 cm³/mol. The molecule has 0 radical (unpaired) electrons. The molecule has 0 aliphatic carbocycles. The van der Waals surface area contributed by atoms with Gasteiger partial charge in [-0.3, -0.25) is 9.52 Å². The Morgan fingerprint density at radius 2 is 2.20 bits per heavy atom. The minimum absolute atomic E-state index is 0.204.